The van der Waals surface area contributed by atoms with Crippen molar-refractivity contribution >= 4 is 32.6 Å². The number of aromatic nitrogens is 4. The van der Waals surface area contributed by atoms with Gasteiger partial charge in [0.1, 0.15) is 5.69 Å². The van der Waals surface area contributed by atoms with Crippen molar-refractivity contribution < 1.29 is 4.79 Å². The van der Waals surface area contributed by atoms with Crippen molar-refractivity contribution in [1.29, 1.82) is 0 Å². The van der Waals surface area contributed by atoms with Gasteiger partial charge < -0.3 is 0 Å². The molecule has 5 rings (SSSR count). The van der Waals surface area contributed by atoms with E-state index in [2.05, 4.69) is 34.3 Å². The fourth-order valence-corrected chi connectivity index (χ4v) is 4.49. The van der Waals surface area contributed by atoms with Gasteiger partial charge in [-0.3, -0.25) is 19.8 Å². The molecule has 0 spiro atoms. The number of carbonyl (C=O) groups is 1. The summed E-state index contributed by atoms with van der Waals surface area (Å²) in [6.45, 7) is 2.69. The normalized spacial score (nSPS) is 11.0. The summed E-state index contributed by atoms with van der Waals surface area (Å²) in [7, 11) is 0. The number of carbonyl (C=O) groups excluding carboxylic acids is 1. The number of pyridine rings is 1. The zero-order valence-electron chi connectivity index (χ0n) is 17.5. The summed E-state index contributed by atoms with van der Waals surface area (Å²) in [5.41, 5.74) is 5.12. The molecule has 0 saturated carbocycles. The van der Waals surface area contributed by atoms with E-state index in [1.807, 2.05) is 48.5 Å². The molecule has 3 aromatic heterocycles. The molecule has 6 nitrogen and oxygen atoms in total. The van der Waals surface area contributed by atoms with Crippen LogP contribution >= 0.6 is 11.3 Å². The van der Waals surface area contributed by atoms with Gasteiger partial charge in [-0.1, -0.05) is 54.7 Å². The average Bonchev–Trinajstić information content (AvgIpc) is 3.43. The van der Waals surface area contributed by atoms with E-state index in [9.17, 15) is 4.79 Å². The van der Waals surface area contributed by atoms with Crippen LogP contribution in [0.5, 0.6) is 0 Å². The van der Waals surface area contributed by atoms with Crippen LogP contribution in [-0.2, 0) is 13.0 Å². The van der Waals surface area contributed by atoms with E-state index >= 15 is 0 Å². The van der Waals surface area contributed by atoms with Crippen LogP contribution in [0.4, 0.5) is 5.13 Å². The number of aryl methyl sites for hydroxylation is 1. The summed E-state index contributed by atoms with van der Waals surface area (Å²) >= 11 is 1.48. The molecule has 0 aliphatic heterocycles. The third-order valence-electron chi connectivity index (χ3n) is 5.21. The Morgan fingerprint density at radius 1 is 1.06 bits per heavy atom. The maximum absolute atomic E-state index is 13.3. The lowest BCUT2D eigenvalue weighted by Crippen LogP contribution is -2.12. The number of rotatable bonds is 6. The fraction of sp³-hybridized carbons (Fsp3) is 0.120. The van der Waals surface area contributed by atoms with Crippen LogP contribution in [0.2, 0.25) is 0 Å². The summed E-state index contributed by atoms with van der Waals surface area (Å²) < 4.78 is 2.85. The Morgan fingerprint density at radius 2 is 1.94 bits per heavy atom. The van der Waals surface area contributed by atoms with E-state index in [0.717, 1.165) is 27.8 Å². The van der Waals surface area contributed by atoms with Crippen molar-refractivity contribution in [3.63, 3.8) is 0 Å². The van der Waals surface area contributed by atoms with Gasteiger partial charge in [0.2, 0.25) is 0 Å². The van der Waals surface area contributed by atoms with Crippen LogP contribution in [-0.4, -0.2) is 25.7 Å². The number of hydrogen-bond acceptors (Lipinski definition) is 5. The number of anilines is 1. The largest absolute Gasteiger partial charge is 0.298 e. The zero-order chi connectivity index (χ0) is 21.9. The van der Waals surface area contributed by atoms with Gasteiger partial charge in [0.25, 0.3) is 5.91 Å². The highest BCUT2D eigenvalue weighted by Crippen LogP contribution is 2.28. The highest BCUT2D eigenvalue weighted by molar-refractivity contribution is 7.22. The molecule has 0 aliphatic carbocycles. The second-order valence-electron chi connectivity index (χ2n) is 7.45. The average molecular weight is 440 g/mol. The molecule has 0 saturated heterocycles. The van der Waals surface area contributed by atoms with Crippen LogP contribution < -0.4 is 5.32 Å². The topological polar surface area (TPSA) is 72.7 Å². The van der Waals surface area contributed by atoms with Gasteiger partial charge in [0.15, 0.2) is 5.13 Å². The van der Waals surface area contributed by atoms with Crippen molar-refractivity contribution in [2.45, 2.75) is 19.9 Å². The molecule has 0 bridgehead atoms. The number of fused-ring (bicyclic) bond motifs is 1. The predicted molar refractivity (Wildman–Crippen MR) is 128 cm³/mol. The molecule has 0 atom stereocenters. The molecular formula is C25H21N5OS. The molecule has 2 aromatic carbocycles. The Balaban J connectivity index is 1.47. The Bertz CT molecular complexity index is 1380. The minimum absolute atomic E-state index is 0.238. The van der Waals surface area contributed by atoms with Crippen LogP contribution in [0, 0.1) is 0 Å². The van der Waals surface area contributed by atoms with E-state index in [0.29, 0.717) is 22.9 Å². The lowest BCUT2D eigenvalue weighted by molar-refractivity contribution is 0.102. The van der Waals surface area contributed by atoms with Crippen molar-refractivity contribution in [2.75, 3.05) is 5.32 Å². The van der Waals surface area contributed by atoms with E-state index in [-0.39, 0.29) is 5.91 Å². The zero-order valence-corrected chi connectivity index (χ0v) is 18.3. The van der Waals surface area contributed by atoms with Gasteiger partial charge in [-0.2, -0.15) is 5.10 Å². The van der Waals surface area contributed by atoms with Gasteiger partial charge in [0.05, 0.1) is 22.3 Å². The Hall–Kier alpha value is -3.84. The molecule has 0 unspecified atom stereocenters. The molecule has 7 heteroatoms. The highest BCUT2D eigenvalue weighted by Gasteiger charge is 2.20. The molecular weight excluding hydrogens is 418 g/mol. The first-order chi connectivity index (χ1) is 15.7. The minimum Gasteiger partial charge on any atom is -0.298 e. The summed E-state index contributed by atoms with van der Waals surface area (Å²) in [6.07, 6.45) is 6.17. The van der Waals surface area contributed by atoms with Gasteiger partial charge >= 0.3 is 0 Å². The lowest BCUT2D eigenvalue weighted by Gasteiger charge is -2.02. The van der Waals surface area contributed by atoms with Crippen LogP contribution in [0.15, 0.2) is 79.3 Å². The first-order valence-corrected chi connectivity index (χ1v) is 11.2. The summed E-state index contributed by atoms with van der Waals surface area (Å²) in [5.74, 6) is -0.238. The SMILES string of the molecule is CCc1ccc2nc(NC(=O)c3cn(Cc4ccccc4)nc3-c3cccnc3)sc2c1. The highest BCUT2D eigenvalue weighted by atomic mass is 32.1. The van der Waals surface area contributed by atoms with E-state index in [1.165, 1.54) is 16.9 Å². The standard InChI is InChI=1S/C25H21N5OS/c1-2-17-10-11-21-22(13-17)32-25(27-21)28-24(31)20-16-30(15-18-7-4-3-5-8-18)29-23(20)19-9-6-12-26-14-19/h3-14,16H,2,15H2,1H3,(H,27,28,31). The molecule has 3 heterocycles. The van der Waals surface area contributed by atoms with Gasteiger partial charge in [-0.25, -0.2) is 4.98 Å². The Kier molecular flexibility index (Phi) is 5.47. The van der Waals surface area contributed by atoms with E-state index in [1.54, 1.807) is 23.3 Å². The first-order valence-electron chi connectivity index (χ1n) is 10.4. The third kappa shape index (κ3) is 4.15. The van der Waals surface area contributed by atoms with Crippen LogP contribution in [0.1, 0.15) is 28.4 Å². The molecule has 0 radical (unpaired) electrons. The molecule has 32 heavy (non-hydrogen) atoms. The Morgan fingerprint density at radius 3 is 2.72 bits per heavy atom. The first kappa shape index (κ1) is 20.1. The second kappa shape index (κ2) is 8.72. The molecule has 1 N–H and O–H groups in total. The third-order valence-corrected chi connectivity index (χ3v) is 6.14. The van der Waals surface area contributed by atoms with Gasteiger partial charge in [-0.15, -0.1) is 0 Å². The Labute approximate surface area is 189 Å². The van der Waals surface area contributed by atoms with Crippen molar-refractivity contribution in [1.82, 2.24) is 19.7 Å². The number of nitrogens with one attached hydrogen (secondary N) is 1. The number of thiazole rings is 1. The molecule has 5 aromatic rings. The molecule has 0 aliphatic rings. The molecule has 158 valence electrons. The summed E-state index contributed by atoms with van der Waals surface area (Å²) in [5, 5.41) is 8.25. The maximum Gasteiger partial charge on any atom is 0.261 e. The van der Waals surface area contributed by atoms with E-state index < -0.39 is 0 Å². The predicted octanol–water partition coefficient (Wildman–Crippen LogP) is 5.42. The number of amides is 1. The molecule has 1 amide bonds. The smallest absolute Gasteiger partial charge is 0.261 e. The summed E-state index contributed by atoms with van der Waals surface area (Å²) in [4.78, 5) is 22.0. The lowest BCUT2D eigenvalue weighted by atomic mass is 10.1. The molecule has 0 fully saturated rings. The summed E-state index contributed by atoms with van der Waals surface area (Å²) in [6, 6.07) is 20.0. The van der Waals surface area contributed by atoms with Crippen molar-refractivity contribution in [3.8, 4) is 11.3 Å². The number of nitrogens with zero attached hydrogens (tertiary/aromatic N) is 4. The van der Waals surface area contributed by atoms with Crippen LogP contribution in [0.3, 0.4) is 0 Å². The fourth-order valence-electron chi connectivity index (χ4n) is 3.56. The number of benzene rings is 2. The van der Waals surface area contributed by atoms with Gasteiger partial charge in [-0.05, 0) is 41.8 Å². The monoisotopic (exact) mass is 439 g/mol. The number of hydrogen-bond donors (Lipinski definition) is 1. The maximum atomic E-state index is 13.3. The van der Waals surface area contributed by atoms with Crippen molar-refractivity contribution in [2.24, 2.45) is 0 Å². The van der Waals surface area contributed by atoms with Crippen molar-refractivity contribution in [3.05, 3.63) is 95.9 Å². The minimum atomic E-state index is -0.238. The van der Waals surface area contributed by atoms with Gasteiger partial charge in [0, 0.05) is 24.2 Å². The second-order valence-corrected chi connectivity index (χ2v) is 8.48. The quantitative estimate of drug-likeness (QED) is 0.384. The van der Waals surface area contributed by atoms with Crippen LogP contribution in [0.25, 0.3) is 21.5 Å². The van der Waals surface area contributed by atoms with E-state index in [4.69, 9.17) is 5.10 Å².